The number of carbonyl (C=O) groups excluding carboxylic acids is 1. The van der Waals surface area contributed by atoms with Crippen LogP contribution in [-0.4, -0.2) is 15.8 Å². The number of aryl methyl sites for hydroxylation is 1. The van der Waals surface area contributed by atoms with E-state index in [1.807, 2.05) is 0 Å². The minimum absolute atomic E-state index is 0.295. The molecule has 0 spiro atoms. The summed E-state index contributed by atoms with van der Waals surface area (Å²) < 4.78 is 0. The molecule has 0 bridgehead atoms. The zero-order valence-corrected chi connectivity index (χ0v) is 14.2. The molecule has 3 rings (SSSR count). The van der Waals surface area contributed by atoms with Crippen LogP contribution in [0.5, 0.6) is 0 Å². The summed E-state index contributed by atoms with van der Waals surface area (Å²) in [5.41, 5.74) is -0.107. The fourth-order valence-electron chi connectivity index (χ4n) is 2.92. The minimum atomic E-state index is -0.841. The topological polar surface area (TPSA) is 139 Å². The Labute approximate surface area is 151 Å². The zero-order valence-electron chi connectivity index (χ0n) is 13.4. The van der Waals surface area contributed by atoms with Crippen LogP contribution >= 0.6 is 11.3 Å². The maximum absolute atomic E-state index is 12.5. The Balaban J connectivity index is 1.97. The van der Waals surface area contributed by atoms with Gasteiger partial charge in [-0.05, 0) is 37.3 Å². The van der Waals surface area contributed by atoms with Crippen molar-refractivity contribution in [3.8, 4) is 6.07 Å². The first kappa shape index (κ1) is 17.5. The van der Waals surface area contributed by atoms with E-state index in [9.17, 15) is 30.3 Å². The molecule has 10 heteroatoms. The van der Waals surface area contributed by atoms with Gasteiger partial charge in [-0.2, -0.15) is 5.26 Å². The molecule has 9 nitrogen and oxygen atoms in total. The van der Waals surface area contributed by atoms with Crippen molar-refractivity contribution in [2.75, 3.05) is 5.32 Å². The van der Waals surface area contributed by atoms with Gasteiger partial charge in [0.15, 0.2) is 0 Å². The highest BCUT2D eigenvalue weighted by molar-refractivity contribution is 7.16. The third-order valence-corrected chi connectivity index (χ3v) is 5.35. The van der Waals surface area contributed by atoms with Crippen molar-refractivity contribution >= 4 is 33.6 Å². The van der Waals surface area contributed by atoms with Crippen LogP contribution in [-0.2, 0) is 12.8 Å². The standard InChI is InChI=1S/C16H12N4O5S/c17-8-12-10-3-1-2-4-14(10)26-16(12)18-15(21)11-6-5-9(19(22)23)7-13(11)20(24)25/h5-7H,1-4H2,(H,18,21). The zero-order chi connectivity index (χ0) is 18.8. The average Bonchev–Trinajstić information content (AvgIpc) is 2.97. The summed E-state index contributed by atoms with van der Waals surface area (Å²) in [7, 11) is 0. The number of benzene rings is 1. The van der Waals surface area contributed by atoms with Crippen LogP contribution in [0.3, 0.4) is 0 Å². The molecule has 0 fully saturated rings. The second kappa shape index (κ2) is 6.89. The van der Waals surface area contributed by atoms with Gasteiger partial charge < -0.3 is 5.32 Å². The molecule has 1 N–H and O–H groups in total. The fraction of sp³-hybridized carbons (Fsp3) is 0.250. The summed E-state index contributed by atoms with van der Waals surface area (Å²) in [6.45, 7) is 0. The predicted molar refractivity (Wildman–Crippen MR) is 93.4 cm³/mol. The van der Waals surface area contributed by atoms with E-state index in [4.69, 9.17) is 0 Å². The molecule has 0 unspecified atom stereocenters. The Kier molecular flexibility index (Phi) is 4.64. The molecule has 1 aromatic carbocycles. The van der Waals surface area contributed by atoms with E-state index in [-0.39, 0.29) is 5.56 Å². The smallest absolute Gasteiger partial charge is 0.289 e. The quantitative estimate of drug-likeness (QED) is 0.643. The number of hydrogen-bond donors (Lipinski definition) is 1. The van der Waals surface area contributed by atoms with Crippen LogP contribution in [0.25, 0.3) is 0 Å². The molecule has 0 saturated heterocycles. The highest BCUT2D eigenvalue weighted by atomic mass is 32.1. The van der Waals surface area contributed by atoms with Gasteiger partial charge >= 0.3 is 0 Å². The second-order valence-electron chi connectivity index (χ2n) is 5.70. The maximum Gasteiger partial charge on any atom is 0.289 e. The van der Waals surface area contributed by atoms with Crippen molar-refractivity contribution in [2.24, 2.45) is 0 Å². The summed E-state index contributed by atoms with van der Waals surface area (Å²) >= 11 is 1.30. The molecule has 1 aliphatic carbocycles. The van der Waals surface area contributed by atoms with Gasteiger partial charge in [0.2, 0.25) is 0 Å². The largest absolute Gasteiger partial charge is 0.312 e. The lowest BCUT2D eigenvalue weighted by Crippen LogP contribution is -2.14. The van der Waals surface area contributed by atoms with E-state index < -0.39 is 27.1 Å². The number of nitro groups is 2. The van der Waals surface area contributed by atoms with Crippen molar-refractivity contribution in [3.05, 3.63) is 60.0 Å². The van der Waals surface area contributed by atoms with Crippen LogP contribution in [0, 0.1) is 31.6 Å². The van der Waals surface area contributed by atoms with Crippen molar-refractivity contribution in [1.82, 2.24) is 0 Å². The van der Waals surface area contributed by atoms with Crippen LogP contribution in [0.1, 0.15) is 39.2 Å². The lowest BCUT2D eigenvalue weighted by Gasteiger charge is -2.09. The van der Waals surface area contributed by atoms with Crippen molar-refractivity contribution in [1.29, 1.82) is 5.26 Å². The summed E-state index contributed by atoms with van der Waals surface area (Å²) in [5, 5.41) is 34.3. The third kappa shape index (κ3) is 3.12. The Hall–Kier alpha value is -3.32. The van der Waals surface area contributed by atoms with Crippen molar-refractivity contribution in [3.63, 3.8) is 0 Å². The molecule has 2 aromatic rings. The number of rotatable bonds is 4. The van der Waals surface area contributed by atoms with E-state index in [0.717, 1.165) is 54.3 Å². The van der Waals surface area contributed by atoms with E-state index >= 15 is 0 Å². The summed E-state index contributed by atoms with van der Waals surface area (Å²) in [6, 6.07) is 4.93. The molecule has 1 amide bonds. The molecule has 0 radical (unpaired) electrons. The van der Waals surface area contributed by atoms with Crippen molar-refractivity contribution in [2.45, 2.75) is 25.7 Å². The van der Waals surface area contributed by atoms with Gasteiger partial charge in [-0.25, -0.2) is 0 Å². The number of carbonyl (C=O) groups is 1. The number of nitrogens with zero attached hydrogens (tertiary/aromatic N) is 3. The molecule has 1 aliphatic rings. The SMILES string of the molecule is N#Cc1c(NC(=O)c2ccc([N+](=O)[O-])cc2[N+](=O)[O-])sc2c1CCCC2. The normalized spacial score (nSPS) is 12.7. The number of hydrogen-bond acceptors (Lipinski definition) is 7. The molecule has 0 aliphatic heterocycles. The number of anilines is 1. The van der Waals surface area contributed by atoms with Crippen LogP contribution < -0.4 is 5.32 Å². The van der Waals surface area contributed by atoms with E-state index in [2.05, 4.69) is 11.4 Å². The maximum atomic E-state index is 12.5. The summed E-state index contributed by atoms with van der Waals surface area (Å²) in [5.74, 6) is -0.776. The number of nitrogens with one attached hydrogen (secondary N) is 1. The van der Waals surface area contributed by atoms with Crippen LogP contribution in [0.15, 0.2) is 18.2 Å². The molecule has 132 valence electrons. The summed E-state index contributed by atoms with van der Waals surface area (Å²) in [6.07, 6.45) is 3.59. The van der Waals surface area contributed by atoms with E-state index in [1.54, 1.807) is 0 Å². The Morgan fingerprint density at radius 1 is 1.19 bits per heavy atom. The predicted octanol–water partition coefficient (Wildman–Crippen LogP) is 3.57. The number of nitro benzene ring substituents is 2. The average molecular weight is 372 g/mol. The van der Waals surface area contributed by atoms with Gasteiger partial charge in [-0.3, -0.25) is 25.0 Å². The molecule has 1 aromatic heterocycles. The van der Waals surface area contributed by atoms with Crippen LogP contribution in [0.2, 0.25) is 0 Å². The minimum Gasteiger partial charge on any atom is -0.312 e. The number of nitriles is 1. The molecular weight excluding hydrogens is 360 g/mol. The lowest BCUT2D eigenvalue weighted by atomic mass is 9.96. The fourth-order valence-corrected chi connectivity index (χ4v) is 4.15. The Bertz CT molecular complexity index is 976. The first-order valence-corrected chi connectivity index (χ1v) is 8.53. The first-order valence-electron chi connectivity index (χ1n) is 7.71. The number of thiophene rings is 1. The van der Waals surface area contributed by atoms with Gasteiger partial charge in [0.05, 0.1) is 21.5 Å². The number of fused-ring (bicyclic) bond motifs is 1. The monoisotopic (exact) mass is 372 g/mol. The highest BCUT2D eigenvalue weighted by Crippen LogP contribution is 2.38. The Morgan fingerprint density at radius 2 is 1.92 bits per heavy atom. The van der Waals surface area contributed by atoms with Gasteiger partial charge in [0, 0.05) is 10.9 Å². The van der Waals surface area contributed by atoms with Gasteiger partial charge in [-0.15, -0.1) is 11.3 Å². The molecule has 0 atom stereocenters. The summed E-state index contributed by atoms with van der Waals surface area (Å²) in [4.78, 5) is 33.9. The first-order chi connectivity index (χ1) is 12.4. The second-order valence-corrected chi connectivity index (χ2v) is 6.80. The molecule has 1 heterocycles. The molecule has 0 saturated carbocycles. The molecule has 26 heavy (non-hydrogen) atoms. The van der Waals surface area contributed by atoms with E-state index in [0.29, 0.717) is 10.6 Å². The molecular formula is C16H12N4O5S. The third-order valence-electron chi connectivity index (χ3n) is 4.14. The van der Waals surface area contributed by atoms with Gasteiger partial charge in [0.25, 0.3) is 17.3 Å². The van der Waals surface area contributed by atoms with Gasteiger partial charge in [0.1, 0.15) is 16.6 Å². The van der Waals surface area contributed by atoms with Gasteiger partial charge in [-0.1, -0.05) is 0 Å². The number of amides is 1. The Morgan fingerprint density at radius 3 is 2.58 bits per heavy atom. The van der Waals surface area contributed by atoms with Crippen molar-refractivity contribution < 1.29 is 14.6 Å². The van der Waals surface area contributed by atoms with Crippen LogP contribution in [0.4, 0.5) is 16.4 Å². The lowest BCUT2D eigenvalue weighted by molar-refractivity contribution is -0.394. The highest BCUT2D eigenvalue weighted by Gasteiger charge is 2.27. The van der Waals surface area contributed by atoms with E-state index in [1.165, 1.54) is 11.3 Å². The number of non-ortho nitro benzene ring substituents is 1.